The van der Waals surface area contributed by atoms with Gasteiger partial charge in [0.05, 0.1) is 13.1 Å². The van der Waals surface area contributed by atoms with Gasteiger partial charge in [0.25, 0.3) is 0 Å². The summed E-state index contributed by atoms with van der Waals surface area (Å²) >= 11 is 0. The second-order valence-electron chi connectivity index (χ2n) is 5.88. The predicted octanol–water partition coefficient (Wildman–Crippen LogP) is 1.45. The fourth-order valence-corrected chi connectivity index (χ4v) is 2.11. The number of carbonyl (C=O) groups is 2. The van der Waals surface area contributed by atoms with Gasteiger partial charge in [0.2, 0.25) is 11.8 Å². The first-order valence-electron chi connectivity index (χ1n) is 7.29. The zero-order valence-corrected chi connectivity index (χ0v) is 12.9. The number of hydrogen-bond acceptors (Lipinski definition) is 3. The molecule has 1 saturated carbocycles. The minimum atomic E-state index is -0.106. The molecule has 1 aromatic carbocycles. The van der Waals surface area contributed by atoms with Crippen LogP contribution < -0.4 is 10.6 Å². The minimum Gasteiger partial charge on any atom is -0.352 e. The maximum absolute atomic E-state index is 12.0. The quantitative estimate of drug-likeness (QED) is 0.833. The zero-order valence-electron chi connectivity index (χ0n) is 12.9. The molecular formula is C16H23N3O2. The smallest absolute Gasteiger partial charge is 0.238 e. The first kappa shape index (κ1) is 15.5. The summed E-state index contributed by atoms with van der Waals surface area (Å²) < 4.78 is 0. The Bertz CT molecular complexity index is 538. The van der Waals surface area contributed by atoms with Crippen LogP contribution in [0.5, 0.6) is 0 Å². The molecule has 21 heavy (non-hydrogen) atoms. The summed E-state index contributed by atoms with van der Waals surface area (Å²) in [5.41, 5.74) is 2.96. The van der Waals surface area contributed by atoms with Gasteiger partial charge in [-0.05, 0) is 50.9 Å². The van der Waals surface area contributed by atoms with E-state index < -0.39 is 0 Å². The third-order valence-corrected chi connectivity index (χ3v) is 3.44. The molecule has 1 aliphatic rings. The highest BCUT2D eigenvalue weighted by Gasteiger charge is 2.23. The summed E-state index contributed by atoms with van der Waals surface area (Å²) in [6.07, 6.45) is 2.14. The van der Waals surface area contributed by atoms with Crippen molar-refractivity contribution in [2.24, 2.45) is 0 Å². The largest absolute Gasteiger partial charge is 0.352 e. The molecule has 5 heteroatoms. The number of hydrogen-bond donors (Lipinski definition) is 2. The summed E-state index contributed by atoms with van der Waals surface area (Å²) in [7, 11) is 1.77. The van der Waals surface area contributed by atoms with Gasteiger partial charge < -0.3 is 10.6 Å². The molecule has 0 atom stereocenters. The number of amides is 2. The van der Waals surface area contributed by atoms with Crippen LogP contribution in [0, 0.1) is 13.8 Å². The van der Waals surface area contributed by atoms with Crippen molar-refractivity contribution in [2.45, 2.75) is 32.7 Å². The van der Waals surface area contributed by atoms with Gasteiger partial charge in [-0.25, -0.2) is 0 Å². The molecule has 0 unspecified atom stereocenters. The summed E-state index contributed by atoms with van der Waals surface area (Å²) in [6.45, 7) is 4.40. The predicted molar refractivity (Wildman–Crippen MR) is 83.2 cm³/mol. The van der Waals surface area contributed by atoms with E-state index in [1.54, 1.807) is 11.9 Å². The van der Waals surface area contributed by atoms with Crippen molar-refractivity contribution in [3.05, 3.63) is 29.3 Å². The number of carbonyl (C=O) groups excluding carboxylic acids is 2. The van der Waals surface area contributed by atoms with Gasteiger partial charge in [-0.2, -0.15) is 0 Å². The van der Waals surface area contributed by atoms with Gasteiger partial charge in [0.15, 0.2) is 0 Å². The van der Waals surface area contributed by atoms with Gasteiger partial charge >= 0.3 is 0 Å². The van der Waals surface area contributed by atoms with Crippen LogP contribution >= 0.6 is 0 Å². The number of aryl methyl sites for hydroxylation is 2. The Morgan fingerprint density at radius 2 is 1.86 bits per heavy atom. The summed E-state index contributed by atoms with van der Waals surface area (Å²) in [5, 5.41) is 5.81. The average molecular weight is 289 g/mol. The van der Waals surface area contributed by atoms with Crippen LogP contribution in [-0.2, 0) is 9.59 Å². The van der Waals surface area contributed by atoms with Gasteiger partial charge in [-0.3, -0.25) is 14.5 Å². The van der Waals surface area contributed by atoms with Gasteiger partial charge in [-0.15, -0.1) is 0 Å². The van der Waals surface area contributed by atoms with Crippen molar-refractivity contribution in [1.29, 1.82) is 0 Å². The summed E-state index contributed by atoms with van der Waals surface area (Å²) in [6, 6.07) is 6.30. The van der Waals surface area contributed by atoms with Crippen LogP contribution in [0.3, 0.4) is 0 Å². The molecule has 114 valence electrons. The van der Waals surface area contributed by atoms with E-state index in [0.29, 0.717) is 6.04 Å². The molecular weight excluding hydrogens is 266 g/mol. The Morgan fingerprint density at radius 1 is 1.19 bits per heavy atom. The number of benzene rings is 1. The molecule has 0 spiro atoms. The van der Waals surface area contributed by atoms with Crippen molar-refractivity contribution in [3.8, 4) is 0 Å². The summed E-state index contributed by atoms with van der Waals surface area (Å²) in [4.78, 5) is 25.4. The van der Waals surface area contributed by atoms with Crippen molar-refractivity contribution < 1.29 is 9.59 Å². The lowest BCUT2D eigenvalue weighted by atomic mass is 10.1. The molecule has 5 nitrogen and oxygen atoms in total. The minimum absolute atomic E-state index is 0.0143. The van der Waals surface area contributed by atoms with Crippen LogP contribution in [0.2, 0.25) is 0 Å². The van der Waals surface area contributed by atoms with E-state index in [-0.39, 0.29) is 24.9 Å². The average Bonchev–Trinajstić information content (AvgIpc) is 3.17. The number of anilines is 1. The molecule has 0 heterocycles. The molecule has 0 aliphatic heterocycles. The second-order valence-corrected chi connectivity index (χ2v) is 5.88. The van der Waals surface area contributed by atoms with Crippen LogP contribution in [0.25, 0.3) is 0 Å². The maximum Gasteiger partial charge on any atom is 0.238 e. The van der Waals surface area contributed by atoms with Crippen LogP contribution in [0.4, 0.5) is 5.69 Å². The normalized spacial score (nSPS) is 14.1. The Morgan fingerprint density at radius 3 is 2.52 bits per heavy atom. The maximum atomic E-state index is 12.0. The highest BCUT2D eigenvalue weighted by molar-refractivity contribution is 5.93. The molecule has 2 amide bonds. The van der Waals surface area contributed by atoms with Gasteiger partial charge in [0.1, 0.15) is 0 Å². The van der Waals surface area contributed by atoms with Crippen molar-refractivity contribution in [1.82, 2.24) is 10.2 Å². The molecule has 0 saturated heterocycles. The molecule has 1 aromatic rings. The highest BCUT2D eigenvalue weighted by Crippen LogP contribution is 2.18. The van der Waals surface area contributed by atoms with Crippen molar-refractivity contribution in [3.63, 3.8) is 0 Å². The van der Waals surface area contributed by atoms with E-state index in [2.05, 4.69) is 10.6 Å². The van der Waals surface area contributed by atoms with E-state index >= 15 is 0 Å². The van der Waals surface area contributed by atoms with E-state index in [1.807, 2.05) is 32.0 Å². The number of nitrogens with one attached hydrogen (secondary N) is 2. The van der Waals surface area contributed by atoms with Crippen LogP contribution in [-0.4, -0.2) is 42.9 Å². The van der Waals surface area contributed by atoms with Crippen LogP contribution in [0.1, 0.15) is 24.0 Å². The Hall–Kier alpha value is -1.88. The lowest BCUT2D eigenvalue weighted by molar-refractivity contribution is -0.123. The monoisotopic (exact) mass is 289 g/mol. The third kappa shape index (κ3) is 5.19. The first-order valence-corrected chi connectivity index (χ1v) is 7.29. The van der Waals surface area contributed by atoms with Crippen LogP contribution in [0.15, 0.2) is 18.2 Å². The van der Waals surface area contributed by atoms with Crippen molar-refractivity contribution >= 4 is 17.5 Å². The van der Waals surface area contributed by atoms with E-state index in [4.69, 9.17) is 0 Å². The molecule has 0 aromatic heterocycles. The van der Waals surface area contributed by atoms with Gasteiger partial charge in [-0.1, -0.05) is 12.1 Å². The standard InChI is InChI=1S/C16H23N3O2/c1-11-4-5-12(2)14(8-11)18-16(21)10-19(3)9-15(20)17-13-6-7-13/h4-5,8,13H,6-7,9-10H2,1-3H3,(H,17,20)(H,18,21). The van der Waals surface area contributed by atoms with Gasteiger partial charge in [0, 0.05) is 11.7 Å². The Kier molecular flexibility index (Phi) is 4.96. The fraction of sp³-hybridized carbons (Fsp3) is 0.500. The fourth-order valence-electron chi connectivity index (χ4n) is 2.11. The van der Waals surface area contributed by atoms with Crippen molar-refractivity contribution in [2.75, 3.05) is 25.5 Å². The topological polar surface area (TPSA) is 61.4 Å². The zero-order chi connectivity index (χ0) is 15.4. The van der Waals surface area contributed by atoms with E-state index in [1.165, 1.54) is 0 Å². The number of rotatable bonds is 6. The molecule has 2 N–H and O–H groups in total. The van der Waals surface area contributed by atoms with E-state index in [9.17, 15) is 9.59 Å². The molecule has 0 bridgehead atoms. The molecule has 1 aliphatic carbocycles. The summed E-state index contributed by atoms with van der Waals surface area (Å²) in [5.74, 6) is -0.120. The SMILES string of the molecule is Cc1ccc(C)c(NC(=O)CN(C)CC(=O)NC2CC2)c1. The highest BCUT2D eigenvalue weighted by atomic mass is 16.2. The first-order chi connectivity index (χ1) is 9.94. The number of likely N-dealkylation sites (N-methyl/N-ethyl adjacent to an activating group) is 1. The molecule has 2 rings (SSSR count). The lowest BCUT2D eigenvalue weighted by Gasteiger charge is -2.16. The molecule has 0 radical (unpaired) electrons. The lowest BCUT2D eigenvalue weighted by Crippen LogP contribution is -2.39. The molecule has 1 fully saturated rings. The third-order valence-electron chi connectivity index (χ3n) is 3.44. The van der Waals surface area contributed by atoms with E-state index in [0.717, 1.165) is 29.7 Å². The number of nitrogens with zero attached hydrogens (tertiary/aromatic N) is 1. The Balaban J connectivity index is 1.80. The second kappa shape index (κ2) is 6.72. The Labute approximate surface area is 125 Å².